The molecule has 0 unspecified atom stereocenters. The van der Waals surface area contributed by atoms with Crippen molar-refractivity contribution in [2.75, 3.05) is 24.5 Å². The van der Waals surface area contributed by atoms with E-state index in [9.17, 15) is 9.90 Å². The molecule has 1 aromatic rings. The molecule has 3 aliphatic rings. The molecule has 136 valence electrons. The first-order valence-electron chi connectivity index (χ1n) is 9.43. The second kappa shape index (κ2) is 6.88. The lowest BCUT2D eigenvalue weighted by Crippen LogP contribution is -2.50. The lowest BCUT2D eigenvalue weighted by molar-refractivity contribution is -0.139. The predicted molar refractivity (Wildman–Crippen MR) is 100 cm³/mol. The summed E-state index contributed by atoms with van der Waals surface area (Å²) >= 11 is 3.44. The van der Waals surface area contributed by atoms with Gasteiger partial charge in [0.15, 0.2) is 0 Å². The average molecular weight is 408 g/mol. The van der Waals surface area contributed by atoms with E-state index in [2.05, 4.69) is 30.7 Å². The largest absolute Gasteiger partial charge is 0.393 e. The average Bonchev–Trinajstić information content (AvgIpc) is 2.93. The summed E-state index contributed by atoms with van der Waals surface area (Å²) in [6.45, 7) is 2.63. The quantitative estimate of drug-likeness (QED) is 0.818. The standard InChI is InChI=1S/C19H26BrN3O2/c20-14-2-7-17(21-12-14)22-10-1-8-19(13-22)9-11-23(18(19)25)15-3-5-16(24)6-4-15/h2,7,12,15-16,24H,1,3-6,8-11,13H2/t15?,16?,19-/m0/s1. The predicted octanol–water partition coefficient (Wildman–Crippen LogP) is 2.97. The summed E-state index contributed by atoms with van der Waals surface area (Å²) in [5, 5.41) is 9.74. The molecular formula is C19H26BrN3O2. The van der Waals surface area contributed by atoms with Crippen molar-refractivity contribution in [2.45, 2.75) is 57.1 Å². The van der Waals surface area contributed by atoms with Crippen molar-refractivity contribution < 1.29 is 9.90 Å². The molecule has 3 heterocycles. The topological polar surface area (TPSA) is 56.7 Å². The highest BCUT2D eigenvalue weighted by atomic mass is 79.9. The fourth-order valence-corrected chi connectivity index (χ4v) is 5.06. The van der Waals surface area contributed by atoms with Gasteiger partial charge in [-0.15, -0.1) is 0 Å². The Bertz CT molecular complexity index is 630. The number of piperidine rings is 1. The normalized spacial score (nSPS) is 33.3. The van der Waals surface area contributed by atoms with Crippen molar-refractivity contribution in [2.24, 2.45) is 5.41 Å². The molecule has 0 aromatic carbocycles. The number of amides is 1. The van der Waals surface area contributed by atoms with E-state index in [1.165, 1.54) is 0 Å². The molecule has 6 heteroatoms. The van der Waals surface area contributed by atoms with Gasteiger partial charge in [0.05, 0.1) is 11.5 Å². The Labute approximate surface area is 157 Å². The molecule has 1 atom stereocenters. The maximum atomic E-state index is 13.3. The van der Waals surface area contributed by atoms with E-state index >= 15 is 0 Å². The first-order valence-corrected chi connectivity index (χ1v) is 10.2. The highest BCUT2D eigenvalue weighted by molar-refractivity contribution is 9.10. The molecule has 1 spiro atoms. The van der Waals surface area contributed by atoms with Gasteiger partial charge in [-0.05, 0) is 73.0 Å². The van der Waals surface area contributed by atoms with Crippen molar-refractivity contribution in [1.82, 2.24) is 9.88 Å². The summed E-state index contributed by atoms with van der Waals surface area (Å²) in [7, 11) is 0. The number of pyridine rings is 1. The van der Waals surface area contributed by atoms with Crippen LogP contribution in [0.15, 0.2) is 22.8 Å². The maximum Gasteiger partial charge on any atom is 0.230 e. The molecule has 2 saturated heterocycles. The Morgan fingerprint density at radius 1 is 1.16 bits per heavy atom. The molecule has 5 nitrogen and oxygen atoms in total. The Kier molecular flexibility index (Phi) is 4.75. The first kappa shape index (κ1) is 17.3. The second-order valence-electron chi connectivity index (χ2n) is 7.85. The SMILES string of the molecule is O=C1N(C2CCC(O)CC2)CC[C@]12CCCN(c1ccc(Br)cn1)C2. The number of halogens is 1. The van der Waals surface area contributed by atoms with E-state index < -0.39 is 0 Å². The van der Waals surface area contributed by atoms with Gasteiger partial charge < -0.3 is 14.9 Å². The Morgan fingerprint density at radius 2 is 1.96 bits per heavy atom. The molecule has 4 rings (SSSR count). The van der Waals surface area contributed by atoms with Gasteiger partial charge in [0.1, 0.15) is 5.82 Å². The molecular weight excluding hydrogens is 382 g/mol. The van der Waals surface area contributed by atoms with Crippen LogP contribution < -0.4 is 4.90 Å². The van der Waals surface area contributed by atoms with Crippen LogP contribution in [0.2, 0.25) is 0 Å². The third kappa shape index (κ3) is 3.31. The van der Waals surface area contributed by atoms with Crippen molar-refractivity contribution in [3.63, 3.8) is 0 Å². The molecule has 1 saturated carbocycles. The number of carbonyl (C=O) groups is 1. The molecule has 1 aromatic heterocycles. The number of hydrogen-bond donors (Lipinski definition) is 1. The second-order valence-corrected chi connectivity index (χ2v) is 8.77. The summed E-state index contributed by atoms with van der Waals surface area (Å²) in [5.41, 5.74) is -0.233. The summed E-state index contributed by atoms with van der Waals surface area (Å²) in [6, 6.07) is 4.37. The first-order chi connectivity index (χ1) is 12.1. The molecule has 1 aliphatic carbocycles. The third-order valence-corrected chi connectivity index (χ3v) is 6.73. The molecule has 2 aliphatic heterocycles. The Hall–Kier alpha value is -1.14. The van der Waals surface area contributed by atoms with Crippen LogP contribution in [0.1, 0.15) is 44.9 Å². The van der Waals surface area contributed by atoms with E-state index in [4.69, 9.17) is 0 Å². The van der Waals surface area contributed by atoms with Crippen LogP contribution in [-0.2, 0) is 4.79 Å². The molecule has 1 amide bonds. The van der Waals surface area contributed by atoms with Gasteiger partial charge in [-0.1, -0.05) is 0 Å². The fourth-order valence-electron chi connectivity index (χ4n) is 4.83. The Balaban J connectivity index is 1.48. The minimum Gasteiger partial charge on any atom is -0.393 e. The summed E-state index contributed by atoms with van der Waals surface area (Å²) in [6.07, 6.45) is 8.20. The summed E-state index contributed by atoms with van der Waals surface area (Å²) in [4.78, 5) is 22.2. The monoisotopic (exact) mass is 407 g/mol. The minimum atomic E-state index is -0.233. The van der Waals surface area contributed by atoms with Crippen molar-refractivity contribution in [1.29, 1.82) is 0 Å². The number of aliphatic hydroxyl groups is 1. The van der Waals surface area contributed by atoms with Crippen LogP contribution in [-0.4, -0.2) is 52.7 Å². The van der Waals surface area contributed by atoms with Crippen LogP contribution in [0.3, 0.4) is 0 Å². The van der Waals surface area contributed by atoms with Gasteiger partial charge in [-0.3, -0.25) is 4.79 Å². The lowest BCUT2D eigenvalue weighted by atomic mass is 9.78. The van der Waals surface area contributed by atoms with Gasteiger partial charge >= 0.3 is 0 Å². The highest BCUT2D eigenvalue weighted by Gasteiger charge is 2.50. The highest BCUT2D eigenvalue weighted by Crippen LogP contribution is 2.43. The van der Waals surface area contributed by atoms with Crippen molar-refractivity contribution >= 4 is 27.7 Å². The van der Waals surface area contributed by atoms with Crippen LogP contribution in [0, 0.1) is 5.41 Å². The van der Waals surface area contributed by atoms with Crippen LogP contribution in [0.25, 0.3) is 0 Å². The lowest BCUT2D eigenvalue weighted by Gasteiger charge is -2.41. The number of hydrogen-bond acceptors (Lipinski definition) is 4. The summed E-state index contributed by atoms with van der Waals surface area (Å²) < 4.78 is 0.977. The van der Waals surface area contributed by atoms with Gasteiger partial charge in [0.25, 0.3) is 0 Å². The number of rotatable bonds is 2. The van der Waals surface area contributed by atoms with Crippen molar-refractivity contribution in [3.8, 4) is 0 Å². The number of aliphatic hydroxyl groups excluding tert-OH is 1. The smallest absolute Gasteiger partial charge is 0.230 e. The molecule has 1 N–H and O–H groups in total. The summed E-state index contributed by atoms with van der Waals surface area (Å²) in [5.74, 6) is 1.31. The molecule has 0 bridgehead atoms. The molecule has 3 fully saturated rings. The number of likely N-dealkylation sites (tertiary alicyclic amines) is 1. The van der Waals surface area contributed by atoms with Crippen LogP contribution in [0.5, 0.6) is 0 Å². The van der Waals surface area contributed by atoms with Crippen LogP contribution in [0.4, 0.5) is 5.82 Å². The number of nitrogens with zero attached hydrogens (tertiary/aromatic N) is 3. The zero-order chi connectivity index (χ0) is 17.4. The van der Waals surface area contributed by atoms with Crippen LogP contribution >= 0.6 is 15.9 Å². The van der Waals surface area contributed by atoms with E-state index in [0.29, 0.717) is 11.9 Å². The van der Waals surface area contributed by atoms with Gasteiger partial charge in [-0.2, -0.15) is 0 Å². The Morgan fingerprint density at radius 3 is 2.68 bits per heavy atom. The maximum absolute atomic E-state index is 13.3. The number of aromatic nitrogens is 1. The number of anilines is 1. The fraction of sp³-hybridized carbons (Fsp3) is 0.684. The van der Waals surface area contributed by atoms with E-state index in [1.54, 1.807) is 0 Å². The zero-order valence-electron chi connectivity index (χ0n) is 14.5. The van der Waals surface area contributed by atoms with Gasteiger partial charge in [0, 0.05) is 36.3 Å². The number of carbonyl (C=O) groups excluding carboxylic acids is 1. The van der Waals surface area contributed by atoms with E-state index in [-0.39, 0.29) is 11.5 Å². The minimum absolute atomic E-state index is 0.170. The van der Waals surface area contributed by atoms with E-state index in [1.807, 2.05) is 18.3 Å². The van der Waals surface area contributed by atoms with Crippen molar-refractivity contribution in [3.05, 3.63) is 22.8 Å². The third-order valence-electron chi connectivity index (χ3n) is 6.27. The molecule has 0 radical (unpaired) electrons. The molecule has 25 heavy (non-hydrogen) atoms. The zero-order valence-corrected chi connectivity index (χ0v) is 16.1. The van der Waals surface area contributed by atoms with Gasteiger partial charge in [-0.25, -0.2) is 4.98 Å². The van der Waals surface area contributed by atoms with Gasteiger partial charge in [0.2, 0.25) is 5.91 Å². The van der Waals surface area contributed by atoms with E-state index in [0.717, 1.165) is 74.9 Å².